The van der Waals surface area contributed by atoms with E-state index >= 15 is 0 Å². The zero-order valence-electron chi connectivity index (χ0n) is 23.2. The van der Waals surface area contributed by atoms with E-state index in [2.05, 4.69) is 41.5 Å². The third-order valence-corrected chi connectivity index (χ3v) is 9.23. The highest BCUT2D eigenvalue weighted by atomic mass is 32.2. The second-order valence-electron chi connectivity index (χ2n) is 10.3. The van der Waals surface area contributed by atoms with Crippen LogP contribution < -0.4 is 20.5 Å². The van der Waals surface area contributed by atoms with E-state index in [9.17, 15) is 21.6 Å². The van der Waals surface area contributed by atoms with Gasteiger partial charge in [0, 0.05) is 18.2 Å². The number of halogens is 3. The number of thiophene rings is 1. The molecule has 1 heterocycles. The van der Waals surface area contributed by atoms with Gasteiger partial charge in [0.15, 0.2) is 6.61 Å². The van der Waals surface area contributed by atoms with Crippen molar-refractivity contribution in [1.82, 2.24) is 4.90 Å². The molecule has 0 spiro atoms. The van der Waals surface area contributed by atoms with Crippen LogP contribution >= 0.6 is 11.3 Å². The zero-order valence-corrected chi connectivity index (χ0v) is 24.8. The van der Waals surface area contributed by atoms with E-state index in [-0.39, 0.29) is 35.4 Å². The van der Waals surface area contributed by atoms with Gasteiger partial charge in [-0.25, -0.2) is 13.6 Å². The first-order chi connectivity index (χ1) is 19.9. The summed E-state index contributed by atoms with van der Waals surface area (Å²) in [7, 11) is 0.164. The minimum atomic E-state index is -4.41. The van der Waals surface area contributed by atoms with Crippen LogP contribution in [0.5, 0.6) is 5.75 Å². The third kappa shape index (κ3) is 8.07. The molecule has 0 radical (unpaired) electrons. The lowest BCUT2D eigenvalue weighted by Crippen LogP contribution is -2.36. The summed E-state index contributed by atoms with van der Waals surface area (Å²) in [6.45, 7) is -0.304. The van der Waals surface area contributed by atoms with E-state index in [0.717, 1.165) is 36.1 Å². The highest BCUT2D eigenvalue weighted by Crippen LogP contribution is 2.40. The molecule has 1 aliphatic carbocycles. The van der Waals surface area contributed by atoms with E-state index in [1.165, 1.54) is 29.5 Å². The fourth-order valence-electron chi connectivity index (χ4n) is 5.04. The number of sulfonamides is 1. The summed E-state index contributed by atoms with van der Waals surface area (Å²) in [6.07, 6.45) is -1.42. The number of primary sulfonamides is 1. The van der Waals surface area contributed by atoms with Crippen LogP contribution in [0.4, 0.5) is 24.5 Å². The van der Waals surface area contributed by atoms with E-state index in [4.69, 9.17) is 15.1 Å². The van der Waals surface area contributed by atoms with Gasteiger partial charge in [0.25, 0.3) is 0 Å². The number of fused-ring (bicyclic) bond motifs is 1. The van der Waals surface area contributed by atoms with E-state index in [1.807, 2.05) is 12.1 Å². The molecule has 0 saturated heterocycles. The molecule has 224 valence electrons. The molecule has 3 aromatic rings. The smallest absolute Gasteiger partial charge is 0.393 e. The first-order valence-corrected chi connectivity index (χ1v) is 15.7. The largest absolute Gasteiger partial charge is 0.477 e. The maximum Gasteiger partial charge on any atom is 0.393 e. The molecule has 1 saturated carbocycles. The summed E-state index contributed by atoms with van der Waals surface area (Å²) in [6, 6.07) is 11.9. The summed E-state index contributed by atoms with van der Waals surface area (Å²) in [5.74, 6) is 5.86. The van der Waals surface area contributed by atoms with Crippen LogP contribution in [0.25, 0.3) is 10.1 Å². The number of hydrogen-bond donors (Lipinski definition) is 3. The van der Waals surface area contributed by atoms with Crippen LogP contribution in [0.2, 0.25) is 0 Å². The van der Waals surface area contributed by atoms with E-state index in [0.29, 0.717) is 22.0 Å². The molecule has 1 aromatic heterocycles. The summed E-state index contributed by atoms with van der Waals surface area (Å²) in [5, 5.41) is 21.1. The molecule has 4 rings (SSSR count). The normalized spacial score (nSPS) is 17.4. The van der Waals surface area contributed by atoms with Crippen molar-refractivity contribution >= 4 is 42.8 Å². The monoisotopic (exact) mass is 619 g/mol. The van der Waals surface area contributed by atoms with Gasteiger partial charge in [-0.05, 0) is 68.9 Å². The van der Waals surface area contributed by atoms with Gasteiger partial charge in [-0.15, -0.1) is 11.3 Å². The first kappa shape index (κ1) is 31.4. The van der Waals surface area contributed by atoms with Crippen molar-refractivity contribution in [2.75, 3.05) is 37.9 Å². The fraction of sp³-hybridized carbons (Fsp3) is 0.414. The Hall–Kier alpha value is -3.49. The third-order valence-electron chi connectivity index (χ3n) is 7.13. The summed E-state index contributed by atoms with van der Waals surface area (Å²) in [5.41, 5.74) is 1.31. The maximum absolute atomic E-state index is 13.6. The number of hydrogen-bond acceptors (Lipinski definition) is 8. The Kier molecular flexibility index (Phi) is 9.89. The maximum atomic E-state index is 13.6. The van der Waals surface area contributed by atoms with Crippen molar-refractivity contribution < 1.29 is 26.3 Å². The summed E-state index contributed by atoms with van der Waals surface area (Å²) in [4.78, 5) is 2.38. The second-order valence-corrected chi connectivity index (χ2v) is 12.9. The summed E-state index contributed by atoms with van der Waals surface area (Å²) < 4.78 is 70.3. The van der Waals surface area contributed by atoms with Gasteiger partial charge in [0.05, 0.1) is 38.8 Å². The van der Waals surface area contributed by atoms with Gasteiger partial charge in [-0.2, -0.15) is 18.4 Å². The van der Waals surface area contributed by atoms with Gasteiger partial charge in [0.2, 0.25) is 10.0 Å². The number of benzene rings is 2. The Morgan fingerprint density at radius 1 is 1.14 bits per heavy atom. The second kappa shape index (κ2) is 13.2. The van der Waals surface area contributed by atoms with Crippen LogP contribution in [0.15, 0.2) is 41.3 Å². The van der Waals surface area contributed by atoms with Crippen molar-refractivity contribution in [3.05, 3.63) is 46.8 Å². The van der Waals surface area contributed by atoms with Crippen molar-refractivity contribution in [3.8, 4) is 23.7 Å². The van der Waals surface area contributed by atoms with Gasteiger partial charge in [0.1, 0.15) is 11.8 Å². The minimum absolute atomic E-state index is 0.0254. The molecule has 42 heavy (non-hydrogen) atoms. The molecule has 1 fully saturated rings. The highest BCUT2D eigenvalue weighted by Gasteiger charge is 2.31. The van der Waals surface area contributed by atoms with Crippen LogP contribution in [0, 0.1) is 23.2 Å². The number of anilines is 2. The standard InChI is InChI=1S/C29H32F3N5O3S2/c1-37(2)20-10-8-19(9-11-20)36-25-6-3-5-22-23(18-29(30,31)32)27(41-28(22)25)7-4-15-35-24-13-12-21(42(34,38)39)17-26(24)40-16-14-33/h3,5-6,12-13,17,19-20,35-36H,8-11,15-16,18H2,1-2H3,(H2,34,38,39). The molecular formula is C29H32F3N5O3S2. The molecule has 0 unspecified atom stereocenters. The Labute approximate surface area is 247 Å². The molecule has 8 nitrogen and oxygen atoms in total. The number of nitrogens with one attached hydrogen (secondary N) is 2. The number of nitriles is 1. The molecule has 0 amide bonds. The number of ether oxygens (including phenoxy) is 1. The SMILES string of the molecule is CN(C)C1CCC(Nc2cccc3c(CC(F)(F)F)c(C#CCNc4ccc(S(N)(=O)=O)cc4OCC#N)sc23)CC1. The van der Waals surface area contributed by atoms with Crippen molar-refractivity contribution in [2.24, 2.45) is 5.14 Å². The Balaban J connectivity index is 1.58. The Morgan fingerprint density at radius 2 is 1.88 bits per heavy atom. The quantitative estimate of drug-likeness (QED) is 0.278. The van der Waals surface area contributed by atoms with Crippen molar-refractivity contribution in [1.29, 1.82) is 5.26 Å². The lowest BCUT2D eigenvalue weighted by atomic mass is 9.90. The van der Waals surface area contributed by atoms with E-state index in [1.54, 1.807) is 12.1 Å². The Morgan fingerprint density at radius 3 is 2.52 bits per heavy atom. The van der Waals surface area contributed by atoms with E-state index < -0.39 is 22.6 Å². The molecule has 0 atom stereocenters. The average Bonchev–Trinajstić information content (AvgIpc) is 3.26. The van der Waals surface area contributed by atoms with Gasteiger partial charge in [-0.3, -0.25) is 0 Å². The highest BCUT2D eigenvalue weighted by molar-refractivity contribution is 7.89. The zero-order chi connectivity index (χ0) is 30.5. The first-order valence-electron chi connectivity index (χ1n) is 13.3. The van der Waals surface area contributed by atoms with Crippen LogP contribution in [-0.4, -0.2) is 58.8 Å². The summed E-state index contributed by atoms with van der Waals surface area (Å²) >= 11 is 1.24. The molecule has 4 N–H and O–H groups in total. The Bertz CT molecular complexity index is 1630. The van der Waals surface area contributed by atoms with Gasteiger partial charge >= 0.3 is 6.18 Å². The molecule has 13 heteroatoms. The van der Waals surface area contributed by atoms with Crippen LogP contribution in [0.3, 0.4) is 0 Å². The number of alkyl halides is 3. The predicted molar refractivity (Wildman–Crippen MR) is 159 cm³/mol. The number of nitrogens with two attached hydrogens (primary N) is 1. The number of nitrogens with zero attached hydrogens (tertiary/aromatic N) is 2. The minimum Gasteiger partial charge on any atom is -0.477 e. The molecule has 2 aromatic carbocycles. The lowest BCUT2D eigenvalue weighted by molar-refractivity contribution is -0.126. The predicted octanol–water partition coefficient (Wildman–Crippen LogP) is 5.30. The van der Waals surface area contributed by atoms with Gasteiger partial charge in [-0.1, -0.05) is 24.0 Å². The van der Waals surface area contributed by atoms with Crippen LogP contribution in [-0.2, 0) is 16.4 Å². The van der Waals surface area contributed by atoms with Gasteiger partial charge < -0.3 is 20.3 Å². The topological polar surface area (TPSA) is 120 Å². The van der Waals surface area contributed by atoms with Crippen molar-refractivity contribution in [3.63, 3.8) is 0 Å². The fourth-order valence-corrected chi connectivity index (χ4v) is 6.74. The lowest BCUT2D eigenvalue weighted by Gasteiger charge is -2.33. The molecular weight excluding hydrogens is 587 g/mol. The molecule has 0 aliphatic heterocycles. The molecule has 0 bridgehead atoms. The average molecular weight is 620 g/mol. The van der Waals surface area contributed by atoms with Crippen molar-refractivity contribution in [2.45, 2.75) is 55.3 Å². The molecule has 1 aliphatic rings. The number of rotatable bonds is 9. The van der Waals surface area contributed by atoms with Crippen LogP contribution in [0.1, 0.15) is 36.1 Å².